The van der Waals surface area contributed by atoms with Crippen molar-refractivity contribution in [3.63, 3.8) is 0 Å². The number of hydrogen-bond acceptors (Lipinski definition) is 2. The van der Waals surface area contributed by atoms with Gasteiger partial charge in [0.15, 0.2) is 0 Å². The van der Waals surface area contributed by atoms with Gasteiger partial charge in [0.05, 0.1) is 5.02 Å². The number of fused-ring (bicyclic) bond motifs is 1. The third-order valence-electron chi connectivity index (χ3n) is 4.05. The van der Waals surface area contributed by atoms with Crippen LogP contribution in [-0.4, -0.2) is 24.5 Å². The number of urea groups is 1. The molecule has 5 nitrogen and oxygen atoms in total. The van der Waals surface area contributed by atoms with Crippen molar-refractivity contribution in [2.45, 2.75) is 19.4 Å². The highest BCUT2D eigenvalue weighted by Crippen LogP contribution is 2.27. The maximum atomic E-state index is 13.1. The van der Waals surface area contributed by atoms with Gasteiger partial charge in [0, 0.05) is 17.9 Å². The predicted octanol–water partition coefficient (Wildman–Crippen LogP) is 3.58. The maximum absolute atomic E-state index is 13.1. The topological polar surface area (TPSA) is 61.4 Å². The van der Waals surface area contributed by atoms with E-state index in [9.17, 15) is 14.0 Å². The number of nitrogens with one attached hydrogen (secondary N) is 2. The van der Waals surface area contributed by atoms with E-state index < -0.39 is 17.9 Å². The number of nitrogens with zero attached hydrogens (tertiary/aromatic N) is 1. The summed E-state index contributed by atoms with van der Waals surface area (Å²) in [7, 11) is 0. The summed E-state index contributed by atoms with van der Waals surface area (Å²) in [6, 6.07) is 10.3. The molecule has 0 saturated carbocycles. The average molecular weight is 362 g/mol. The second-order valence-corrected chi connectivity index (χ2v) is 6.22. The summed E-state index contributed by atoms with van der Waals surface area (Å²) in [5.41, 5.74) is 2.34. The second-order valence-electron chi connectivity index (χ2n) is 5.82. The van der Waals surface area contributed by atoms with E-state index in [4.69, 9.17) is 11.6 Å². The van der Waals surface area contributed by atoms with Crippen LogP contribution in [0.1, 0.15) is 12.5 Å². The fourth-order valence-electron chi connectivity index (χ4n) is 2.80. The van der Waals surface area contributed by atoms with Crippen molar-refractivity contribution in [1.82, 2.24) is 5.32 Å². The minimum atomic E-state index is -0.706. The van der Waals surface area contributed by atoms with Gasteiger partial charge in [-0.15, -0.1) is 0 Å². The Morgan fingerprint density at radius 3 is 2.76 bits per heavy atom. The van der Waals surface area contributed by atoms with Crippen molar-refractivity contribution in [1.29, 1.82) is 0 Å². The van der Waals surface area contributed by atoms with Gasteiger partial charge >= 0.3 is 6.03 Å². The van der Waals surface area contributed by atoms with Crippen LogP contribution in [0.15, 0.2) is 42.5 Å². The van der Waals surface area contributed by atoms with Gasteiger partial charge in [0.1, 0.15) is 11.9 Å². The fraction of sp³-hybridized carbons (Fsp3) is 0.222. The number of halogens is 2. The van der Waals surface area contributed by atoms with E-state index in [1.165, 1.54) is 12.1 Å². The number of anilines is 2. The molecule has 3 rings (SSSR count). The molecule has 130 valence electrons. The third-order valence-corrected chi connectivity index (χ3v) is 4.34. The van der Waals surface area contributed by atoms with Crippen LogP contribution in [0.3, 0.4) is 0 Å². The second kappa shape index (κ2) is 7.11. The zero-order chi connectivity index (χ0) is 18.0. The highest BCUT2D eigenvalue weighted by molar-refractivity contribution is 6.31. The molecule has 7 heteroatoms. The molecule has 2 aromatic carbocycles. The first kappa shape index (κ1) is 17.2. The summed E-state index contributed by atoms with van der Waals surface area (Å²) >= 11 is 5.68. The van der Waals surface area contributed by atoms with Gasteiger partial charge in [0.25, 0.3) is 0 Å². The number of hydrogen-bond donors (Lipinski definition) is 2. The van der Waals surface area contributed by atoms with E-state index in [2.05, 4.69) is 10.6 Å². The van der Waals surface area contributed by atoms with E-state index in [-0.39, 0.29) is 10.9 Å². The Morgan fingerprint density at radius 2 is 2.00 bits per heavy atom. The molecule has 0 bridgehead atoms. The Balaban J connectivity index is 1.62. The lowest BCUT2D eigenvalue weighted by Crippen LogP contribution is -2.47. The van der Waals surface area contributed by atoms with Crippen molar-refractivity contribution >= 4 is 34.9 Å². The van der Waals surface area contributed by atoms with E-state index in [1.807, 2.05) is 24.3 Å². The normalized spacial score (nSPS) is 14.0. The van der Waals surface area contributed by atoms with Crippen LogP contribution in [0.4, 0.5) is 20.6 Å². The average Bonchev–Trinajstić information content (AvgIpc) is 3.01. The Labute approximate surface area is 149 Å². The summed E-state index contributed by atoms with van der Waals surface area (Å²) in [6.07, 6.45) is 0.801. The molecule has 1 atom stereocenters. The van der Waals surface area contributed by atoms with Crippen molar-refractivity contribution in [2.24, 2.45) is 0 Å². The van der Waals surface area contributed by atoms with Crippen LogP contribution >= 0.6 is 11.6 Å². The number of carbonyl (C=O) groups is 2. The summed E-state index contributed by atoms with van der Waals surface area (Å²) in [5, 5.41) is 5.04. The highest BCUT2D eigenvalue weighted by atomic mass is 35.5. The van der Waals surface area contributed by atoms with Crippen molar-refractivity contribution in [2.75, 3.05) is 16.8 Å². The Bertz CT molecular complexity index is 828. The summed E-state index contributed by atoms with van der Waals surface area (Å²) in [4.78, 5) is 26.3. The monoisotopic (exact) mass is 361 g/mol. The van der Waals surface area contributed by atoms with E-state index in [1.54, 1.807) is 11.8 Å². The lowest BCUT2D eigenvalue weighted by atomic mass is 10.2. The third kappa shape index (κ3) is 3.74. The molecule has 2 N–H and O–H groups in total. The number of benzene rings is 2. The van der Waals surface area contributed by atoms with Gasteiger partial charge in [-0.05, 0) is 43.2 Å². The van der Waals surface area contributed by atoms with E-state index in [0.717, 1.165) is 23.7 Å². The molecular weight excluding hydrogens is 345 g/mol. The molecule has 2 aromatic rings. The van der Waals surface area contributed by atoms with E-state index >= 15 is 0 Å². The predicted molar refractivity (Wildman–Crippen MR) is 95.5 cm³/mol. The Hall–Kier alpha value is -2.60. The van der Waals surface area contributed by atoms with Gasteiger partial charge < -0.3 is 15.5 Å². The minimum absolute atomic E-state index is 0.0874. The van der Waals surface area contributed by atoms with Gasteiger partial charge in [-0.25, -0.2) is 9.18 Å². The summed E-state index contributed by atoms with van der Waals surface area (Å²) < 4.78 is 13.1. The molecule has 0 unspecified atom stereocenters. The quantitative estimate of drug-likeness (QED) is 0.877. The molecule has 0 fully saturated rings. The number of rotatable bonds is 3. The zero-order valence-corrected chi connectivity index (χ0v) is 14.3. The minimum Gasteiger partial charge on any atom is -0.326 e. The van der Waals surface area contributed by atoms with Crippen LogP contribution in [0.5, 0.6) is 0 Å². The number of carbonyl (C=O) groups excluding carboxylic acids is 2. The lowest BCUT2D eigenvalue weighted by Gasteiger charge is -2.22. The SMILES string of the molecule is C[C@H](NC(=O)Nc1ccc(F)c(Cl)c1)C(=O)N1CCc2ccccc21. The summed E-state index contributed by atoms with van der Waals surface area (Å²) in [5.74, 6) is -0.749. The highest BCUT2D eigenvalue weighted by Gasteiger charge is 2.28. The lowest BCUT2D eigenvalue weighted by molar-refractivity contribution is -0.119. The molecule has 0 radical (unpaired) electrons. The first-order valence-corrected chi connectivity index (χ1v) is 8.25. The van der Waals surface area contributed by atoms with Gasteiger partial charge in [-0.2, -0.15) is 0 Å². The standard InChI is InChI=1S/C18H17ClFN3O2/c1-11(17(24)23-9-8-12-4-2-3-5-16(12)23)21-18(25)22-13-6-7-15(20)14(19)10-13/h2-7,10-11H,8-9H2,1H3,(H2,21,22,25)/t11-/m0/s1. The maximum Gasteiger partial charge on any atom is 0.319 e. The number of amides is 3. The Kier molecular flexibility index (Phi) is 4.90. The van der Waals surface area contributed by atoms with Crippen LogP contribution < -0.4 is 15.5 Å². The Morgan fingerprint density at radius 1 is 1.24 bits per heavy atom. The molecule has 25 heavy (non-hydrogen) atoms. The molecule has 0 aliphatic carbocycles. The molecule has 3 amide bonds. The molecule has 1 heterocycles. The van der Waals surface area contributed by atoms with Crippen LogP contribution in [0, 0.1) is 5.82 Å². The molecule has 0 aromatic heterocycles. The first-order chi connectivity index (χ1) is 12.0. The smallest absolute Gasteiger partial charge is 0.319 e. The molecule has 0 spiro atoms. The zero-order valence-electron chi connectivity index (χ0n) is 13.6. The molecule has 1 aliphatic heterocycles. The van der Waals surface area contributed by atoms with Crippen molar-refractivity contribution in [3.8, 4) is 0 Å². The van der Waals surface area contributed by atoms with E-state index in [0.29, 0.717) is 12.2 Å². The van der Waals surface area contributed by atoms with Crippen molar-refractivity contribution in [3.05, 3.63) is 58.9 Å². The van der Waals surface area contributed by atoms with Crippen LogP contribution in [-0.2, 0) is 11.2 Å². The number of para-hydroxylation sites is 1. The van der Waals surface area contributed by atoms with Gasteiger partial charge in [-0.3, -0.25) is 4.79 Å². The fourth-order valence-corrected chi connectivity index (χ4v) is 2.98. The van der Waals surface area contributed by atoms with Gasteiger partial charge in [-0.1, -0.05) is 29.8 Å². The van der Waals surface area contributed by atoms with Crippen LogP contribution in [0.25, 0.3) is 0 Å². The molecular formula is C18H17ClFN3O2. The summed E-state index contributed by atoms with van der Waals surface area (Å²) in [6.45, 7) is 2.22. The molecule has 0 saturated heterocycles. The van der Waals surface area contributed by atoms with Crippen molar-refractivity contribution < 1.29 is 14.0 Å². The first-order valence-electron chi connectivity index (χ1n) is 7.87. The molecule has 1 aliphatic rings. The largest absolute Gasteiger partial charge is 0.326 e. The van der Waals surface area contributed by atoms with Gasteiger partial charge in [0.2, 0.25) is 5.91 Å². The van der Waals surface area contributed by atoms with Crippen LogP contribution in [0.2, 0.25) is 5.02 Å².